The van der Waals surface area contributed by atoms with Gasteiger partial charge in [0.05, 0.1) is 23.5 Å². The number of aromatic nitrogens is 7. The van der Waals surface area contributed by atoms with Crippen molar-refractivity contribution in [3.05, 3.63) is 48.8 Å². The van der Waals surface area contributed by atoms with Crippen LogP contribution in [0.2, 0.25) is 0 Å². The van der Waals surface area contributed by atoms with Crippen LogP contribution >= 0.6 is 0 Å². The zero-order chi connectivity index (χ0) is 20.7. The molecule has 1 aliphatic rings. The normalized spacial score (nSPS) is 15.0. The van der Waals surface area contributed by atoms with Gasteiger partial charge in [-0.1, -0.05) is 0 Å². The number of carbonyl (C=O) groups is 1. The molecule has 0 atom stereocenters. The van der Waals surface area contributed by atoms with Gasteiger partial charge in [-0.05, 0) is 25.0 Å². The van der Waals surface area contributed by atoms with Crippen LogP contribution in [0, 0.1) is 0 Å². The molecule has 11 nitrogen and oxygen atoms in total. The van der Waals surface area contributed by atoms with Crippen molar-refractivity contribution in [2.75, 3.05) is 23.7 Å². The van der Waals surface area contributed by atoms with E-state index in [9.17, 15) is 4.79 Å². The van der Waals surface area contributed by atoms with Crippen LogP contribution in [-0.2, 0) is 0 Å². The van der Waals surface area contributed by atoms with Crippen LogP contribution in [0.15, 0.2) is 43.2 Å². The highest BCUT2D eigenvalue weighted by atomic mass is 16.4. The van der Waals surface area contributed by atoms with E-state index in [0.717, 1.165) is 18.5 Å². The van der Waals surface area contributed by atoms with Gasteiger partial charge in [0.15, 0.2) is 17.0 Å². The van der Waals surface area contributed by atoms with E-state index in [2.05, 4.69) is 25.0 Å². The molecule has 0 bridgehead atoms. The van der Waals surface area contributed by atoms with Gasteiger partial charge in [-0.25, -0.2) is 9.78 Å². The molecule has 152 valence electrons. The molecule has 0 aliphatic carbocycles. The molecule has 1 fully saturated rings. The number of carboxylic acid groups (broad SMARTS) is 1. The first-order valence-electron chi connectivity index (χ1n) is 9.53. The van der Waals surface area contributed by atoms with Crippen molar-refractivity contribution in [1.82, 2.24) is 34.3 Å². The lowest BCUT2D eigenvalue weighted by Crippen LogP contribution is -2.36. The molecule has 0 amide bonds. The number of aromatic carboxylic acids is 1. The zero-order valence-corrected chi connectivity index (χ0v) is 16.0. The SMILES string of the molecule is Nc1nc(N2CCC(n3cc(C(=O)O)cn3)CC2)nc2c1ncn2-c1ccncc1. The number of rotatable bonds is 4. The van der Waals surface area contributed by atoms with E-state index in [1.54, 1.807) is 29.6 Å². The number of imidazole rings is 1. The van der Waals surface area contributed by atoms with Crippen LogP contribution in [-0.4, -0.2) is 58.4 Å². The van der Waals surface area contributed by atoms with Crippen LogP contribution in [0.1, 0.15) is 29.2 Å². The van der Waals surface area contributed by atoms with Gasteiger partial charge in [0.1, 0.15) is 6.33 Å². The topological polar surface area (TPSA) is 141 Å². The zero-order valence-electron chi connectivity index (χ0n) is 16.0. The van der Waals surface area contributed by atoms with Gasteiger partial charge in [0.2, 0.25) is 5.95 Å². The fourth-order valence-electron chi connectivity index (χ4n) is 3.72. The number of pyridine rings is 1. The lowest BCUT2D eigenvalue weighted by atomic mass is 10.1. The third-order valence-corrected chi connectivity index (χ3v) is 5.32. The van der Waals surface area contributed by atoms with Crippen LogP contribution in [0.4, 0.5) is 11.8 Å². The van der Waals surface area contributed by atoms with Crippen molar-refractivity contribution in [3.8, 4) is 5.69 Å². The summed E-state index contributed by atoms with van der Waals surface area (Å²) in [7, 11) is 0. The summed E-state index contributed by atoms with van der Waals surface area (Å²) in [5, 5.41) is 13.3. The monoisotopic (exact) mass is 405 g/mol. The van der Waals surface area contributed by atoms with Crippen molar-refractivity contribution in [2.24, 2.45) is 0 Å². The number of nitrogens with zero attached hydrogens (tertiary/aromatic N) is 8. The Kier molecular flexibility index (Phi) is 4.27. The summed E-state index contributed by atoms with van der Waals surface area (Å²) in [6, 6.07) is 3.89. The highest BCUT2D eigenvalue weighted by Crippen LogP contribution is 2.27. The number of carboxylic acids is 1. The average Bonchev–Trinajstić information content (AvgIpc) is 3.42. The van der Waals surface area contributed by atoms with Crippen molar-refractivity contribution >= 4 is 28.9 Å². The van der Waals surface area contributed by atoms with E-state index in [0.29, 0.717) is 36.0 Å². The fraction of sp³-hybridized carbons (Fsp3) is 0.263. The Morgan fingerprint density at radius 2 is 1.93 bits per heavy atom. The summed E-state index contributed by atoms with van der Waals surface area (Å²) < 4.78 is 3.60. The molecule has 0 radical (unpaired) electrons. The Morgan fingerprint density at radius 1 is 1.17 bits per heavy atom. The predicted molar refractivity (Wildman–Crippen MR) is 109 cm³/mol. The Morgan fingerprint density at radius 3 is 2.63 bits per heavy atom. The maximum absolute atomic E-state index is 11.1. The molecule has 5 heterocycles. The maximum atomic E-state index is 11.1. The molecule has 0 saturated carbocycles. The molecule has 0 unspecified atom stereocenters. The summed E-state index contributed by atoms with van der Waals surface area (Å²) >= 11 is 0. The smallest absolute Gasteiger partial charge is 0.338 e. The number of anilines is 2. The minimum atomic E-state index is -0.971. The second-order valence-corrected chi connectivity index (χ2v) is 7.13. The molecule has 11 heteroatoms. The molecule has 30 heavy (non-hydrogen) atoms. The van der Waals surface area contributed by atoms with E-state index in [1.807, 2.05) is 16.7 Å². The third kappa shape index (κ3) is 3.09. The van der Waals surface area contributed by atoms with Crippen LogP contribution in [0.25, 0.3) is 16.9 Å². The predicted octanol–water partition coefficient (Wildman–Crippen LogP) is 1.53. The summed E-state index contributed by atoms with van der Waals surface area (Å²) in [5.74, 6) is -0.0780. The number of piperidine rings is 1. The maximum Gasteiger partial charge on any atom is 0.338 e. The summed E-state index contributed by atoms with van der Waals surface area (Å²) in [6.45, 7) is 1.42. The lowest BCUT2D eigenvalue weighted by molar-refractivity contribution is 0.0696. The highest BCUT2D eigenvalue weighted by Gasteiger charge is 2.25. The first-order chi connectivity index (χ1) is 14.6. The number of nitrogen functional groups attached to an aromatic ring is 1. The first-order valence-corrected chi connectivity index (χ1v) is 9.53. The van der Waals surface area contributed by atoms with E-state index in [-0.39, 0.29) is 11.6 Å². The van der Waals surface area contributed by atoms with Gasteiger partial charge in [0, 0.05) is 31.7 Å². The first kappa shape index (κ1) is 18.0. The molecule has 4 aromatic rings. The van der Waals surface area contributed by atoms with Crippen molar-refractivity contribution in [3.63, 3.8) is 0 Å². The van der Waals surface area contributed by atoms with Gasteiger partial charge in [-0.15, -0.1) is 0 Å². The molecule has 3 N–H and O–H groups in total. The van der Waals surface area contributed by atoms with Crippen LogP contribution < -0.4 is 10.6 Å². The average molecular weight is 405 g/mol. The minimum absolute atomic E-state index is 0.137. The van der Waals surface area contributed by atoms with Gasteiger partial charge < -0.3 is 15.7 Å². The molecular weight excluding hydrogens is 386 g/mol. The van der Waals surface area contributed by atoms with Gasteiger partial charge >= 0.3 is 5.97 Å². The lowest BCUT2D eigenvalue weighted by Gasteiger charge is -2.32. The Hall–Kier alpha value is -4.02. The number of hydrogen-bond acceptors (Lipinski definition) is 8. The van der Waals surface area contributed by atoms with Gasteiger partial charge in [-0.3, -0.25) is 14.2 Å². The highest BCUT2D eigenvalue weighted by molar-refractivity contribution is 5.86. The summed E-state index contributed by atoms with van der Waals surface area (Å²) in [4.78, 5) is 30.8. The Bertz CT molecular complexity index is 1210. The molecule has 4 aromatic heterocycles. The van der Waals surface area contributed by atoms with E-state index >= 15 is 0 Å². The molecule has 1 aliphatic heterocycles. The van der Waals surface area contributed by atoms with Crippen LogP contribution in [0.3, 0.4) is 0 Å². The molecular formula is C19H19N9O2. The van der Waals surface area contributed by atoms with E-state index in [1.165, 1.54) is 6.20 Å². The van der Waals surface area contributed by atoms with Gasteiger partial charge in [0.25, 0.3) is 0 Å². The Balaban J connectivity index is 1.39. The third-order valence-electron chi connectivity index (χ3n) is 5.32. The van der Waals surface area contributed by atoms with Crippen molar-refractivity contribution in [1.29, 1.82) is 0 Å². The summed E-state index contributed by atoms with van der Waals surface area (Å²) in [6.07, 6.45) is 9.66. The van der Waals surface area contributed by atoms with Crippen molar-refractivity contribution in [2.45, 2.75) is 18.9 Å². The second kappa shape index (κ2) is 7.10. The largest absolute Gasteiger partial charge is 0.478 e. The van der Waals surface area contributed by atoms with Crippen molar-refractivity contribution < 1.29 is 9.90 Å². The second-order valence-electron chi connectivity index (χ2n) is 7.13. The van der Waals surface area contributed by atoms with E-state index in [4.69, 9.17) is 15.8 Å². The Labute approximate surface area is 170 Å². The molecule has 0 spiro atoms. The van der Waals surface area contributed by atoms with Crippen LogP contribution in [0.5, 0.6) is 0 Å². The van der Waals surface area contributed by atoms with E-state index < -0.39 is 5.97 Å². The molecule has 1 saturated heterocycles. The quantitative estimate of drug-likeness (QED) is 0.517. The molecule has 5 rings (SSSR count). The molecule has 0 aromatic carbocycles. The fourth-order valence-corrected chi connectivity index (χ4v) is 3.72. The van der Waals surface area contributed by atoms with Gasteiger partial charge in [-0.2, -0.15) is 15.1 Å². The number of fused-ring (bicyclic) bond motifs is 1. The number of hydrogen-bond donors (Lipinski definition) is 2. The minimum Gasteiger partial charge on any atom is -0.478 e. The summed E-state index contributed by atoms with van der Waals surface area (Å²) in [5.41, 5.74) is 8.46. The number of nitrogens with two attached hydrogens (primary N) is 1. The standard InChI is InChI=1S/C19H19N9O2/c20-16-15-17(27(11-22-15)13-1-5-21-6-2-13)25-19(24-16)26-7-3-14(4-8-26)28-10-12(9-23-28)18(29)30/h1-2,5-6,9-11,14H,3-4,7-8H2,(H,29,30)(H2,20,24,25).